The van der Waals surface area contributed by atoms with Crippen LogP contribution in [0.3, 0.4) is 0 Å². The first-order valence-electron chi connectivity index (χ1n) is 8.66. The van der Waals surface area contributed by atoms with E-state index >= 15 is 0 Å². The van der Waals surface area contributed by atoms with E-state index in [1.165, 1.54) is 18.2 Å². The van der Waals surface area contributed by atoms with E-state index in [4.69, 9.17) is 0 Å². The molecule has 132 valence electrons. The highest BCUT2D eigenvalue weighted by molar-refractivity contribution is 5.57. The number of nitrogens with one attached hydrogen (secondary N) is 1. The third-order valence-electron chi connectivity index (χ3n) is 4.71. The van der Waals surface area contributed by atoms with Crippen molar-refractivity contribution in [2.75, 3.05) is 13.1 Å². The quantitative estimate of drug-likeness (QED) is 0.786. The van der Waals surface area contributed by atoms with Crippen molar-refractivity contribution in [3.63, 3.8) is 0 Å². The molecule has 0 spiro atoms. The molecule has 0 aliphatic carbocycles. The molecule has 1 N–H and O–H groups in total. The fourth-order valence-corrected chi connectivity index (χ4v) is 3.39. The van der Waals surface area contributed by atoms with E-state index in [9.17, 15) is 9.18 Å². The van der Waals surface area contributed by atoms with E-state index < -0.39 is 0 Å². The van der Waals surface area contributed by atoms with Crippen molar-refractivity contribution in [1.29, 1.82) is 0 Å². The van der Waals surface area contributed by atoms with Gasteiger partial charge in [-0.25, -0.2) is 9.37 Å². The molecule has 0 saturated carbocycles. The van der Waals surface area contributed by atoms with Gasteiger partial charge < -0.3 is 4.98 Å². The molecule has 0 radical (unpaired) electrons. The second-order valence-electron chi connectivity index (χ2n) is 6.60. The fourth-order valence-electron chi connectivity index (χ4n) is 3.39. The molecule has 1 fully saturated rings. The van der Waals surface area contributed by atoms with Gasteiger partial charge in [0.05, 0.1) is 5.69 Å². The Labute approximate surface area is 150 Å². The lowest BCUT2D eigenvalue weighted by molar-refractivity contribution is 0.325. The number of nitrogens with zero attached hydrogens (tertiary/aromatic N) is 3. The molecule has 4 rings (SSSR count). The van der Waals surface area contributed by atoms with E-state index in [0.717, 1.165) is 43.0 Å². The zero-order valence-corrected chi connectivity index (χ0v) is 14.2. The van der Waals surface area contributed by atoms with Crippen molar-refractivity contribution in [2.45, 2.75) is 18.9 Å². The first kappa shape index (κ1) is 16.6. The molecule has 26 heavy (non-hydrogen) atoms. The molecule has 0 amide bonds. The minimum Gasteiger partial charge on any atom is -0.310 e. The predicted molar refractivity (Wildman–Crippen MR) is 97.1 cm³/mol. The SMILES string of the molecule is O=c1cc(-c2ccncc2)nc([C@@H]2CCN(Cc3ccc(F)cc3)C2)[nH]1. The number of H-pyrrole nitrogens is 1. The Morgan fingerprint density at radius 3 is 2.69 bits per heavy atom. The van der Waals surface area contributed by atoms with Crippen LogP contribution in [0, 0.1) is 5.82 Å². The predicted octanol–water partition coefficient (Wildman–Crippen LogP) is 2.96. The Bertz CT molecular complexity index is 940. The number of likely N-dealkylation sites (tertiary alicyclic amines) is 1. The number of benzene rings is 1. The molecule has 6 heteroatoms. The Morgan fingerprint density at radius 2 is 1.92 bits per heavy atom. The summed E-state index contributed by atoms with van der Waals surface area (Å²) in [6.45, 7) is 2.51. The molecule has 2 aromatic heterocycles. The maximum Gasteiger partial charge on any atom is 0.251 e. The van der Waals surface area contributed by atoms with Crippen LogP contribution in [0.5, 0.6) is 0 Å². The lowest BCUT2D eigenvalue weighted by Gasteiger charge is -2.16. The minimum absolute atomic E-state index is 0.140. The number of halogens is 1. The van der Waals surface area contributed by atoms with Crippen molar-refractivity contribution in [3.05, 3.63) is 82.4 Å². The van der Waals surface area contributed by atoms with Gasteiger partial charge in [-0.2, -0.15) is 0 Å². The van der Waals surface area contributed by atoms with E-state index in [2.05, 4.69) is 19.9 Å². The zero-order chi connectivity index (χ0) is 17.9. The summed E-state index contributed by atoms with van der Waals surface area (Å²) in [5.74, 6) is 0.693. The summed E-state index contributed by atoms with van der Waals surface area (Å²) in [6.07, 6.45) is 4.32. The maximum atomic E-state index is 13.0. The molecule has 3 heterocycles. The molecule has 1 aromatic carbocycles. The summed E-state index contributed by atoms with van der Waals surface area (Å²) in [7, 11) is 0. The molecular weight excluding hydrogens is 331 g/mol. The van der Waals surface area contributed by atoms with Gasteiger partial charge in [-0.05, 0) is 42.8 Å². The number of hydrogen-bond acceptors (Lipinski definition) is 4. The zero-order valence-electron chi connectivity index (χ0n) is 14.2. The van der Waals surface area contributed by atoms with E-state index in [-0.39, 0.29) is 17.3 Å². The van der Waals surface area contributed by atoms with Gasteiger partial charge in [0.15, 0.2) is 0 Å². The van der Waals surface area contributed by atoms with Crippen LogP contribution in [0.15, 0.2) is 59.7 Å². The van der Waals surface area contributed by atoms with Crippen molar-refractivity contribution < 1.29 is 4.39 Å². The average molecular weight is 350 g/mol. The monoisotopic (exact) mass is 350 g/mol. The minimum atomic E-state index is -0.220. The van der Waals surface area contributed by atoms with E-state index in [1.54, 1.807) is 12.4 Å². The molecule has 5 nitrogen and oxygen atoms in total. The Hall–Kier alpha value is -2.86. The van der Waals surface area contributed by atoms with Gasteiger partial charge in [0.25, 0.3) is 5.56 Å². The number of rotatable bonds is 4. The summed E-state index contributed by atoms with van der Waals surface area (Å²) in [5.41, 5.74) is 2.49. The summed E-state index contributed by atoms with van der Waals surface area (Å²) < 4.78 is 13.0. The second-order valence-corrected chi connectivity index (χ2v) is 6.60. The largest absolute Gasteiger partial charge is 0.310 e. The fraction of sp³-hybridized carbons (Fsp3) is 0.250. The molecule has 1 saturated heterocycles. The van der Waals surface area contributed by atoms with Crippen LogP contribution < -0.4 is 5.56 Å². The first-order valence-corrected chi connectivity index (χ1v) is 8.66. The second kappa shape index (κ2) is 7.17. The molecule has 1 aliphatic rings. The van der Waals surface area contributed by atoms with Crippen LogP contribution >= 0.6 is 0 Å². The standard InChI is InChI=1S/C20H19FN4O/c21-17-3-1-14(2-4-17)12-25-10-7-16(13-25)20-23-18(11-19(26)24-20)15-5-8-22-9-6-15/h1-6,8-9,11,16H,7,10,12-13H2,(H,23,24,26)/t16-/m1/s1. The maximum absolute atomic E-state index is 13.0. The van der Waals surface area contributed by atoms with Crippen LogP contribution in [0.1, 0.15) is 23.7 Å². The third kappa shape index (κ3) is 3.70. The highest BCUT2D eigenvalue weighted by atomic mass is 19.1. The van der Waals surface area contributed by atoms with Gasteiger partial charge in [-0.3, -0.25) is 14.7 Å². The molecule has 1 atom stereocenters. The summed E-state index contributed by atoms with van der Waals surface area (Å²) in [6, 6.07) is 11.8. The van der Waals surface area contributed by atoms with Crippen LogP contribution in [-0.4, -0.2) is 32.9 Å². The van der Waals surface area contributed by atoms with Gasteiger partial charge in [0, 0.05) is 43.0 Å². The number of pyridine rings is 1. The van der Waals surface area contributed by atoms with Gasteiger partial charge >= 0.3 is 0 Å². The van der Waals surface area contributed by atoms with E-state index in [1.807, 2.05) is 24.3 Å². The van der Waals surface area contributed by atoms with E-state index in [0.29, 0.717) is 5.69 Å². The Kier molecular flexibility index (Phi) is 4.58. The highest BCUT2D eigenvalue weighted by Gasteiger charge is 2.26. The van der Waals surface area contributed by atoms with Crippen LogP contribution in [0.2, 0.25) is 0 Å². The van der Waals surface area contributed by atoms with Gasteiger partial charge in [0.1, 0.15) is 11.6 Å². The van der Waals surface area contributed by atoms with Gasteiger partial charge in [-0.1, -0.05) is 12.1 Å². The summed E-state index contributed by atoms with van der Waals surface area (Å²) in [5, 5.41) is 0. The topological polar surface area (TPSA) is 61.9 Å². The molecular formula is C20H19FN4O. The molecule has 0 unspecified atom stereocenters. The van der Waals surface area contributed by atoms with Crippen molar-refractivity contribution in [3.8, 4) is 11.3 Å². The lowest BCUT2D eigenvalue weighted by atomic mass is 10.1. The van der Waals surface area contributed by atoms with Crippen molar-refractivity contribution in [1.82, 2.24) is 19.9 Å². The molecule has 0 bridgehead atoms. The van der Waals surface area contributed by atoms with Crippen LogP contribution in [-0.2, 0) is 6.54 Å². The third-order valence-corrected chi connectivity index (χ3v) is 4.71. The Balaban J connectivity index is 1.51. The van der Waals surface area contributed by atoms with Crippen LogP contribution in [0.25, 0.3) is 11.3 Å². The van der Waals surface area contributed by atoms with Gasteiger partial charge in [0.2, 0.25) is 0 Å². The number of aromatic amines is 1. The van der Waals surface area contributed by atoms with Crippen molar-refractivity contribution in [2.24, 2.45) is 0 Å². The van der Waals surface area contributed by atoms with Crippen LogP contribution in [0.4, 0.5) is 4.39 Å². The number of hydrogen-bond donors (Lipinski definition) is 1. The summed E-state index contributed by atoms with van der Waals surface area (Å²) >= 11 is 0. The Morgan fingerprint density at radius 1 is 1.15 bits per heavy atom. The normalized spacial score (nSPS) is 17.5. The van der Waals surface area contributed by atoms with Crippen molar-refractivity contribution >= 4 is 0 Å². The number of aromatic nitrogens is 3. The van der Waals surface area contributed by atoms with Gasteiger partial charge in [-0.15, -0.1) is 0 Å². The smallest absolute Gasteiger partial charge is 0.251 e. The summed E-state index contributed by atoms with van der Waals surface area (Å²) in [4.78, 5) is 26.0. The molecule has 3 aromatic rings. The lowest BCUT2D eigenvalue weighted by Crippen LogP contribution is -2.21. The average Bonchev–Trinajstić information content (AvgIpc) is 3.12. The molecule has 1 aliphatic heterocycles. The highest BCUT2D eigenvalue weighted by Crippen LogP contribution is 2.26. The first-order chi connectivity index (χ1) is 12.7.